The van der Waals surface area contributed by atoms with E-state index in [-0.39, 0.29) is 30.5 Å². The molecule has 0 unspecified atom stereocenters. The Bertz CT molecular complexity index is 542. The summed E-state index contributed by atoms with van der Waals surface area (Å²) in [5, 5.41) is 10.1. The number of rotatable bonds is 3. The van der Waals surface area contributed by atoms with E-state index < -0.39 is 18.2 Å². The predicted molar refractivity (Wildman–Crippen MR) is 98.3 cm³/mol. The van der Waals surface area contributed by atoms with Gasteiger partial charge in [-0.1, -0.05) is 12.2 Å². The number of cyclic esters (lactones) is 1. The highest BCUT2D eigenvalue weighted by atomic mass is 16.5. The maximum atomic E-state index is 12.2. The van der Waals surface area contributed by atoms with Crippen molar-refractivity contribution in [1.29, 1.82) is 0 Å². The van der Waals surface area contributed by atoms with E-state index in [2.05, 4.69) is 12.2 Å². The van der Waals surface area contributed by atoms with Crippen molar-refractivity contribution in [3.05, 3.63) is 24.3 Å². The minimum Gasteiger partial charge on any atom is -0.460 e. The molecule has 0 radical (unpaired) electrons. The summed E-state index contributed by atoms with van der Waals surface area (Å²) in [6, 6.07) is 0. The summed E-state index contributed by atoms with van der Waals surface area (Å²) in [7, 11) is 3.59. The maximum Gasteiger partial charge on any atom is 0.330 e. The van der Waals surface area contributed by atoms with E-state index in [9.17, 15) is 14.7 Å². The third kappa shape index (κ3) is 6.57. The molecule has 1 heterocycles. The number of likely N-dealkylation sites (N-methyl/N-ethyl adjacent to an activating group) is 1. The fourth-order valence-corrected chi connectivity index (χ4v) is 3.65. The summed E-state index contributed by atoms with van der Waals surface area (Å²) in [5.74, 6) is -0.691. The molecule has 1 fully saturated rings. The van der Waals surface area contributed by atoms with Gasteiger partial charge in [0.25, 0.3) is 0 Å². The topological polar surface area (TPSA) is 76.1 Å². The first-order valence-electron chi connectivity index (χ1n) is 9.43. The highest BCUT2D eigenvalue weighted by Crippen LogP contribution is 2.37. The van der Waals surface area contributed by atoms with Gasteiger partial charge in [0.1, 0.15) is 6.10 Å². The molecule has 26 heavy (non-hydrogen) atoms. The number of carbonyl (C=O) groups excluding carboxylic acids is 2. The van der Waals surface area contributed by atoms with Crippen molar-refractivity contribution in [3.63, 3.8) is 0 Å². The number of carbonyl (C=O) groups is 2. The van der Waals surface area contributed by atoms with Crippen molar-refractivity contribution in [2.75, 3.05) is 20.6 Å². The van der Waals surface area contributed by atoms with Crippen LogP contribution in [0.1, 0.15) is 39.0 Å². The number of fused-ring (bicyclic) bond motifs is 1. The molecule has 0 spiro atoms. The Balaban J connectivity index is 2.21. The van der Waals surface area contributed by atoms with Gasteiger partial charge >= 0.3 is 11.9 Å². The Labute approximate surface area is 155 Å². The molecular weight excluding hydrogens is 334 g/mol. The standard InChI is InChI=1S/C20H31NO5/c1-14-7-5-4-6-8-15-11-16(22)12-17(15)18(9-10-19(23)25-14)26-20(24)13-21(2)3/h6,8-10,14-18,22H,4-5,7,11-13H2,1-3H3/b8-6+,10-9+/t14-,15+,16-,17+,18+/m0/s1. The second kappa shape index (κ2) is 9.88. The Kier molecular flexibility index (Phi) is 7.85. The van der Waals surface area contributed by atoms with Crippen LogP contribution in [0.4, 0.5) is 0 Å². The van der Waals surface area contributed by atoms with Crippen molar-refractivity contribution in [2.45, 2.75) is 57.3 Å². The second-order valence-corrected chi connectivity index (χ2v) is 7.61. The van der Waals surface area contributed by atoms with Crippen LogP contribution in [-0.4, -0.2) is 60.9 Å². The molecule has 0 aromatic rings. The normalized spacial score (nSPS) is 35.4. The summed E-state index contributed by atoms with van der Waals surface area (Å²) in [4.78, 5) is 25.9. The lowest BCUT2D eigenvalue weighted by molar-refractivity contribution is -0.150. The number of aliphatic hydroxyl groups is 1. The molecule has 2 rings (SSSR count). The number of esters is 2. The number of allylic oxidation sites excluding steroid dienone is 2. The summed E-state index contributed by atoms with van der Waals surface area (Å²) in [6.07, 6.45) is 9.96. The monoisotopic (exact) mass is 365 g/mol. The van der Waals surface area contributed by atoms with Gasteiger partial charge in [0.2, 0.25) is 0 Å². The molecule has 2 aliphatic rings. The molecule has 0 bridgehead atoms. The lowest BCUT2D eigenvalue weighted by atomic mass is 9.89. The molecule has 6 nitrogen and oxygen atoms in total. The highest BCUT2D eigenvalue weighted by Gasteiger charge is 2.38. The van der Waals surface area contributed by atoms with Gasteiger partial charge in [-0.25, -0.2) is 4.79 Å². The predicted octanol–water partition coefficient (Wildman–Crippen LogP) is 2.07. The first kappa shape index (κ1) is 20.6. The molecule has 0 aromatic carbocycles. The van der Waals surface area contributed by atoms with Gasteiger partial charge in [0, 0.05) is 12.0 Å². The molecule has 6 heteroatoms. The van der Waals surface area contributed by atoms with Gasteiger partial charge in [-0.3, -0.25) is 9.69 Å². The number of aliphatic hydroxyl groups excluding tert-OH is 1. The first-order chi connectivity index (χ1) is 12.3. The molecule has 146 valence electrons. The van der Waals surface area contributed by atoms with E-state index >= 15 is 0 Å². The average molecular weight is 365 g/mol. The van der Waals surface area contributed by atoms with Crippen molar-refractivity contribution in [3.8, 4) is 0 Å². The van der Waals surface area contributed by atoms with Gasteiger partial charge < -0.3 is 14.6 Å². The lowest BCUT2D eigenvalue weighted by Gasteiger charge is -2.25. The molecular formula is C20H31NO5. The fraction of sp³-hybridized carbons (Fsp3) is 0.700. The number of hydrogen-bond acceptors (Lipinski definition) is 6. The Morgan fingerprint density at radius 1 is 1.35 bits per heavy atom. The molecule has 0 aromatic heterocycles. The van der Waals surface area contributed by atoms with Crippen LogP contribution in [0.5, 0.6) is 0 Å². The summed E-state index contributed by atoms with van der Waals surface area (Å²) >= 11 is 0. The highest BCUT2D eigenvalue weighted by molar-refractivity contribution is 5.82. The SMILES string of the molecule is C[C@H]1CCC/C=C/[C@@H]2C[C@H](O)C[C@H]2[C@H](OC(=O)CN(C)C)/C=C/C(=O)O1. The van der Waals surface area contributed by atoms with Gasteiger partial charge in [-0.2, -0.15) is 0 Å². The maximum absolute atomic E-state index is 12.2. The largest absolute Gasteiger partial charge is 0.460 e. The minimum absolute atomic E-state index is 0.0467. The first-order valence-corrected chi connectivity index (χ1v) is 9.43. The quantitative estimate of drug-likeness (QED) is 0.610. The zero-order valence-electron chi connectivity index (χ0n) is 16.0. The van der Waals surface area contributed by atoms with Crippen LogP contribution >= 0.6 is 0 Å². The van der Waals surface area contributed by atoms with Crippen LogP contribution in [0.15, 0.2) is 24.3 Å². The van der Waals surface area contributed by atoms with Gasteiger partial charge in [0.05, 0.1) is 18.8 Å². The Hall–Kier alpha value is -1.66. The zero-order chi connectivity index (χ0) is 19.1. The molecule has 1 aliphatic carbocycles. The molecule has 0 saturated heterocycles. The smallest absolute Gasteiger partial charge is 0.330 e. The number of nitrogens with zero attached hydrogens (tertiary/aromatic N) is 1. The van der Waals surface area contributed by atoms with Crippen molar-refractivity contribution in [1.82, 2.24) is 4.90 Å². The molecule has 5 atom stereocenters. The lowest BCUT2D eigenvalue weighted by Crippen LogP contribution is -2.32. The van der Waals surface area contributed by atoms with E-state index in [0.717, 1.165) is 19.3 Å². The third-order valence-corrected chi connectivity index (χ3v) is 4.88. The van der Waals surface area contributed by atoms with E-state index in [1.54, 1.807) is 25.1 Å². The van der Waals surface area contributed by atoms with Gasteiger partial charge in [0.15, 0.2) is 0 Å². The fourth-order valence-electron chi connectivity index (χ4n) is 3.65. The molecule has 1 N–H and O–H groups in total. The molecule has 0 amide bonds. The zero-order valence-corrected chi connectivity index (χ0v) is 16.0. The minimum atomic E-state index is -0.558. The number of hydrogen-bond donors (Lipinski definition) is 1. The average Bonchev–Trinajstić information content (AvgIpc) is 2.90. The summed E-state index contributed by atoms with van der Waals surface area (Å²) in [5.41, 5.74) is 0. The van der Waals surface area contributed by atoms with E-state index in [1.165, 1.54) is 6.08 Å². The van der Waals surface area contributed by atoms with Crippen molar-refractivity contribution < 1.29 is 24.2 Å². The second-order valence-electron chi connectivity index (χ2n) is 7.61. The van der Waals surface area contributed by atoms with Crippen molar-refractivity contribution in [2.24, 2.45) is 11.8 Å². The van der Waals surface area contributed by atoms with Crippen LogP contribution in [0, 0.1) is 11.8 Å². The van der Waals surface area contributed by atoms with Crippen molar-refractivity contribution >= 4 is 11.9 Å². The number of ether oxygens (including phenoxy) is 2. The molecule has 1 aliphatic heterocycles. The van der Waals surface area contributed by atoms with Crippen LogP contribution in [0.3, 0.4) is 0 Å². The van der Waals surface area contributed by atoms with E-state index in [4.69, 9.17) is 9.47 Å². The van der Waals surface area contributed by atoms with Gasteiger partial charge in [-0.05, 0) is 65.1 Å². The molecule has 1 saturated carbocycles. The van der Waals surface area contributed by atoms with Crippen LogP contribution in [-0.2, 0) is 19.1 Å². The Morgan fingerprint density at radius 2 is 2.12 bits per heavy atom. The van der Waals surface area contributed by atoms with Gasteiger partial charge in [-0.15, -0.1) is 0 Å². The van der Waals surface area contributed by atoms with E-state index in [0.29, 0.717) is 12.8 Å². The van der Waals surface area contributed by atoms with E-state index in [1.807, 2.05) is 6.92 Å². The van der Waals surface area contributed by atoms with Crippen LogP contribution in [0.25, 0.3) is 0 Å². The Morgan fingerprint density at radius 3 is 2.85 bits per heavy atom. The van der Waals surface area contributed by atoms with Crippen LogP contribution < -0.4 is 0 Å². The third-order valence-electron chi connectivity index (χ3n) is 4.88. The summed E-state index contributed by atoms with van der Waals surface area (Å²) < 4.78 is 11.0. The summed E-state index contributed by atoms with van der Waals surface area (Å²) in [6.45, 7) is 2.05. The van der Waals surface area contributed by atoms with Crippen LogP contribution in [0.2, 0.25) is 0 Å².